The SMILES string of the molecule is C1=C2C(=CCC1)C1(c3ccccc32)c2ccccc2-c2c1ccc1oc3c(-c4cc(-c5ccccc5)cc(N(c5ccc6c(c5)c5ccccc5n6-c5ccccc5)c5ccccc5-c5ccccc5)c4)cccc3c21. The van der Waals surface area contributed by atoms with E-state index in [1.807, 2.05) is 0 Å². The van der Waals surface area contributed by atoms with Crippen molar-refractivity contribution in [2.75, 3.05) is 4.90 Å². The highest BCUT2D eigenvalue weighted by molar-refractivity contribution is 6.19. The summed E-state index contributed by atoms with van der Waals surface area (Å²) in [5.41, 5.74) is 25.5. The Balaban J connectivity index is 0.947. The van der Waals surface area contributed by atoms with Crippen LogP contribution in [-0.2, 0) is 5.41 Å². The summed E-state index contributed by atoms with van der Waals surface area (Å²) >= 11 is 0. The standard InChI is InChI=1S/C73H48N2O/c1-4-21-47(22-5-1)49-43-50(55-32-20-33-60-71-69(76-72(55)60)42-40-65-70(71)59-31-12-17-36-64(59)73(65)62-34-15-10-28-56(62)57-29-11-16-35-63(57)73)45-53(44-49)74(66-37-18-13-27-54(66)48-23-6-2-7-24-48)52-39-41-68-61(46-52)58-30-14-19-38-67(58)75(68)51-25-8-3-9-26-51/h1-10,12-15,17-46H,11,16H2. The lowest BCUT2D eigenvalue weighted by Crippen LogP contribution is -2.26. The number of rotatable bonds is 7. The summed E-state index contributed by atoms with van der Waals surface area (Å²) in [6.07, 6.45) is 7.10. The predicted molar refractivity (Wildman–Crippen MR) is 316 cm³/mol. The third-order valence-corrected chi connectivity index (χ3v) is 16.6. The lowest BCUT2D eigenvalue weighted by molar-refractivity contribution is 0.669. The molecule has 356 valence electrons. The number of aromatic nitrogens is 1. The van der Waals surface area contributed by atoms with Crippen molar-refractivity contribution in [3.05, 3.63) is 295 Å². The molecular weight excluding hydrogens is 921 g/mol. The molecule has 1 spiro atoms. The maximum Gasteiger partial charge on any atom is 0.143 e. The van der Waals surface area contributed by atoms with Crippen molar-refractivity contribution in [1.29, 1.82) is 0 Å². The molecule has 3 nitrogen and oxygen atoms in total. The van der Waals surface area contributed by atoms with Gasteiger partial charge in [0.2, 0.25) is 0 Å². The summed E-state index contributed by atoms with van der Waals surface area (Å²) in [6.45, 7) is 0. The minimum atomic E-state index is -0.401. The number of benzene rings is 11. The highest BCUT2D eigenvalue weighted by Crippen LogP contribution is 2.66. The van der Waals surface area contributed by atoms with Gasteiger partial charge in [0.1, 0.15) is 11.2 Å². The van der Waals surface area contributed by atoms with Crippen molar-refractivity contribution < 1.29 is 4.42 Å². The van der Waals surface area contributed by atoms with E-state index in [2.05, 4.69) is 276 Å². The molecule has 16 rings (SSSR count). The van der Waals surface area contributed by atoms with E-state index in [-0.39, 0.29) is 0 Å². The number of hydrogen-bond acceptors (Lipinski definition) is 2. The summed E-state index contributed by atoms with van der Waals surface area (Å²) in [5, 5.41) is 4.69. The minimum absolute atomic E-state index is 0.401. The molecule has 0 bridgehead atoms. The van der Waals surface area contributed by atoms with E-state index in [1.165, 1.54) is 66.2 Å². The van der Waals surface area contributed by atoms with Crippen molar-refractivity contribution in [1.82, 2.24) is 4.57 Å². The Morgan fingerprint density at radius 2 is 1.03 bits per heavy atom. The molecule has 2 aromatic heterocycles. The molecule has 0 saturated carbocycles. The fourth-order valence-electron chi connectivity index (χ4n) is 13.5. The first-order valence-electron chi connectivity index (χ1n) is 26.6. The molecular formula is C73H48N2O. The molecule has 0 fully saturated rings. The Bertz CT molecular complexity index is 4570. The van der Waals surface area contributed by atoms with Gasteiger partial charge < -0.3 is 13.9 Å². The molecule has 3 heteroatoms. The quantitative estimate of drug-likeness (QED) is 0.159. The zero-order valence-corrected chi connectivity index (χ0v) is 41.6. The lowest BCUT2D eigenvalue weighted by Gasteiger charge is -2.31. The summed E-state index contributed by atoms with van der Waals surface area (Å²) in [6, 6.07) is 93.7. The van der Waals surface area contributed by atoms with Gasteiger partial charge in [-0.1, -0.05) is 200 Å². The van der Waals surface area contributed by atoms with E-state index in [4.69, 9.17) is 4.42 Å². The Morgan fingerprint density at radius 3 is 1.86 bits per heavy atom. The molecule has 0 aliphatic heterocycles. The van der Waals surface area contributed by atoms with Crippen molar-refractivity contribution in [3.63, 3.8) is 0 Å². The second-order valence-electron chi connectivity index (χ2n) is 20.5. The average Bonchev–Trinajstić information content (AvgIpc) is 4.42. The van der Waals surface area contributed by atoms with Crippen molar-refractivity contribution in [3.8, 4) is 50.2 Å². The molecule has 1 atom stereocenters. The van der Waals surface area contributed by atoms with E-state index in [1.54, 1.807) is 0 Å². The topological polar surface area (TPSA) is 21.3 Å². The Hall–Kier alpha value is -9.70. The second kappa shape index (κ2) is 16.7. The molecule has 11 aromatic carbocycles. The highest BCUT2D eigenvalue weighted by atomic mass is 16.3. The number of furan rings is 1. The van der Waals surface area contributed by atoms with Gasteiger partial charge in [0, 0.05) is 49.7 Å². The number of para-hydroxylation sites is 4. The average molecular weight is 969 g/mol. The van der Waals surface area contributed by atoms with E-state index < -0.39 is 5.41 Å². The van der Waals surface area contributed by atoms with Gasteiger partial charge in [-0.05, 0) is 146 Å². The van der Waals surface area contributed by atoms with Crippen LogP contribution in [0.25, 0.3) is 99.5 Å². The van der Waals surface area contributed by atoms with Crippen LogP contribution in [0.2, 0.25) is 0 Å². The Labute approximate surface area is 441 Å². The van der Waals surface area contributed by atoms with Crippen LogP contribution in [0, 0.1) is 0 Å². The number of nitrogens with zero attached hydrogens (tertiary/aromatic N) is 2. The molecule has 0 saturated heterocycles. The largest absolute Gasteiger partial charge is 0.455 e. The van der Waals surface area contributed by atoms with Crippen molar-refractivity contribution in [2.24, 2.45) is 0 Å². The second-order valence-corrected chi connectivity index (χ2v) is 20.5. The molecule has 0 radical (unpaired) electrons. The first-order chi connectivity index (χ1) is 37.7. The Morgan fingerprint density at radius 1 is 0.395 bits per heavy atom. The third kappa shape index (κ3) is 6.11. The number of hydrogen-bond donors (Lipinski definition) is 0. The van der Waals surface area contributed by atoms with E-state index in [0.717, 1.165) is 91.0 Å². The van der Waals surface area contributed by atoms with Crippen LogP contribution in [0.15, 0.2) is 277 Å². The zero-order chi connectivity index (χ0) is 49.9. The van der Waals surface area contributed by atoms with Gasteiger partial charge in [0.15, 0.2) is 0 Å². The molecule has 3 aliphatic carbocycles. The van der Waals surface area contributed by atoms with Crippen LogP contribution < -0.4 is 4.90 Å². The summed E-state index contributed by atoms with van der Waals surface area (Å²) in [5.74, 6) is 0. The van der Waals surface area contributed by atoms with Gasteiger partial charge in [-0.2, -0.15) is 0 Å². The van der Waals surface area contributed by atoms with Crippen LogP contribution in [0.3, 0.4) is 0 Å². The van der Waals surface area contributed by atoms with Gasteiger partial charge in [-0.3, -0.25) is 0 Å². The van der Waals surface area contributed by atoms with Crippen LogP contribution in [0.4, 0.5) is 17.1 Å². The van der Waals surface area contributed by atoms with Gasteiger partial charge in [-0.25, -0.2) is 0 Å². The van der Waals surface area contributed by atoms with Gasteiger partial charge in [0.05, 0.1) is 22.1 Å². The zero-order valence-electron chi connectivity index (χ0n) is 41.6. The number of fused-ring (bicyclic) bond motifs is 17. The summed E-state index contributed by atoms with van der Waals surface area (Å²) < 4.78 is 9.67. The van der Waals surface area contributed by atoms with Gasteiger partial charge >= 0.3 is 0 Å². The number of anilines is 3. The first kappa shape index (κ1) is 42.8. The molecule has 0 N–H and O–H groups in total. The van der Waals surface area contributed by atoms with Gasteiger partial charge in [0.25, 0.3) is 0 Å². The van der Waals surface area contributed by atoms with E-state index in [0.29, 0.717) is 0 Å². The Kier molecular flexibility index (Phi) is 9.38. The van der Waals surface area contributed by atoms with E-state index in [9.17, 15) is 0 Å². The first-order valence-corrected chi connectivity index (χ1v) is 26.6. The smallest absolute Gasteiger partial charge is 0.143 e. The molecule has 1 unspecified atom stereocenters. The maximum absolute atomic E-state index is 7.28. The molecule has 2 heterocycles. The minimum Gasteiger partial charge on any atom is -0.455 e. The van der Waals surface area contributed by atoms with Crippen LogP contribution in [-0.4, -0.2) is 4.57 Å². The van der Waals surface area contributed by atoms with Gasteiger partial charge in [-0.15, -0.1) is 0 Å². The maximum atomic E-state index is 7.28. The normalized spacial score (nSPS) is 15.2. The van der Waals surface area contributed by atoms with Crippen LogP contribution >= 0.6 is 0 Å². The van der Waals surface area contributed by atoms with Crippen molar-refractivity contribution in [2.45, 2.75) is 18.3 Å². The number of allylic oxidation sites excluding steroid dienone is 4. The van der Waals surface area contributed by atoms with Crippen LogP contribution in [0.1, 0.15) is 35.1 Å². The summed E-state index contributed by atoms with van der Waals surface area (Å²) in [7, 11) is 0. The fourth-order valence-corrected chi connectivity index (χ4v) is 13.5. The van der Waals surface area contributed by atoms with Crippen molar-refractivity contribution >= 4 is 66.4 Å². The molecule has 76 heavy (non-hydrogen) atoms. The van der Waals surface area contributed by atoms with Crippen LogP contribution in [0.5, 0.6) is 0 Å². The monoisotopic (exact) mass is 968 g/mol. The molecule has 13 aromatic rings. The van der Waals surface area contributed by atoms with E-state index >= 15 is 0 Å². The summed E-state index contributed by atoms with van der Waals surface area (Å²) in [4.78, 5) is 2.47. The lowest BCUT2D eigenvalue weighted by atomic mass is 9.69. The molecule has 0 amide bonds. The fraction of sp³-hybridized carbons (Fsp3) is 0.0411. The predicted octanol–water partition coefficient (Wildman–Crippen LogP) is 19.6. The highest BCUT2D eigenvalue weighted by Gasteiger charge is 2.54. The third-order valence-electron chi connectivity index (χ3n) is 16.6. The molecule has 3 aliphatic rings.